The summed E-state index contributed by atoms with van der Waals surface area (Å²) in [5.41, 5.74) is 0. The Bertz CT molecular complexity index is 229. The van der Waals surface area contributed by atoms with E-state index in [1.54, 1.807) is 0 Å². The van der Waals surface area contributed by atoms with Gasteiger partial charge in [0.2, 0.25) is 0 Å². The van der Waals surface area contributed by atoms with E-state index < -0.39 is 0 Å². The molecule has 2 aliphatic rings. The Labute approximate surface area is 114 Å². The molecular formula is C16H32N2. The summed E-state index contributed by atoms with van der Waals surface area (Å²) in [7, 11) is 0. The van der Waals surface area contributed by atoms with Crippen molar-refractivity contribution in [3.05, 3.63) is 0 Å². The lowest BCUT2D eigenvalue weighted by molar-refractivity contribution is 0.192. The minimum Gasteiger partial charge on any atom is -0.316 e. The lowest BCUT2D eigenvalue weighted by Crippen LogP contribution is -2.36. The monoisotopic (exact) mass is 252 g/mol. The molecule has 18 heavy (non-hydrogen) atoms. The molecule has 0 aromatic heterocycles. The molecule has 0 bridgehead atoms. The zero-order valence-electron chi connectivity index (χ0n) is 12.6. The van der Waals surface area contributed by atoms with Gasteiger partial charge in [0.1, 0.15) is 0 Å². The van der Waals surface area contributed by atoms with Crippen molar-refractivity contribution >= 4 is 0 Å². The van der Waals surface area contributed by atoms with Crippen LogP contribution in [0, 0.1) is 17.8 Å². The van der Waals surface area contributed by atoms with Crippen LogP contribution in [0.25, 0.3) is 0 Å². The Morgan fingerprint density at radius 2 is 1.94 bits per heavy atom. The largest absolute Gasteiger partial charge is 0.316 e. The number of piperidine rings is 1. The molecule has 2 nitrogen and oxygen atoms in total. The molecule has 1 N–H and O–H groups in total. The Kier molecular flexibility index (Phi) is 5.50. The fourth-order valence-electron chi connectivity index (χ4n) is 3.30. The molecule has 2 heteroatoms. The van der Waals surface area contributed by atoms with E-state index >= 15 is 0 Å². The highest BCUT2D eigenvalue weighted by Gasteiger charge is 2.29. The minimum atomic E-state index is 0.817. The first-order chi connectivity index (χ1) is 8.66. The van der Waals surface area contributed by atoms with Gasteiger partial charge in [0.25, 0.3) is 0 Å². The van der Waals surface area contributed by atoms with Gasteiger partial charge in [-0.25, -0.2) is 0 Å². The first-order valence-corrected chi connectivity index (χ1v) is 8.11. The third-order valence-electron chi connectivity index (χ3n) is 4.67. The first kappa shape index (κ1) is 14.3. The minimum absolute atomic E-state index is 0.817. The fraction of sp³-hybridized carbons (Fsp3) is 1.00. The average molecular weight is 252 g/mol. The van der Waals surface area contributed by atoms with E-state index in [4.69, 9.17) is 0 Å². The van der Waals surface area contributed by atoms with Gasteiger partial charge in [-0.05, 0) is 69.5 Å². The highest BCUT2D eigenvalue weighted by molar-refractivity contribution is 4.85. The third kappa shape index (κ3) is 4.55. The molecule has 1 heterocycles. The van der Waals surface area contributed by atoms with Crippen molar-refractivity contribution in [1.82, 2.24) is 10.2 Å². The van der Waals surface area contributed by atoms with Crippen LogP contribution in [0.4, 0.5) is 0 Å². The van der Waals surface area contributed by atoms with E-state index in [9.17, 15) is 0 Å². The van der Waals surface area contributed by atoms with Crippen molar-refractivity contribution < 1.29 is 0 Å². The van der Waals surface area contributed by atoms with Crippen molar-refractivity contribution in [3.8, 4) is 0 Å². The van der Waals surface area contributed by atoms with E-state index in [2.05, 4.69) is 31.0 Å². The van der Waals surface area contributed by atoms with E-state index in [-0.39, 0.29) is 0 Å². The van der Waals surface area contributed by atoms with Gasteiger partial charge in [0, 0.05) is 12.6 Å². The van der Waals surface area contributed by atoms with Crippen molar-refractivity contribution in [2.45, 2.75) is 58.9 Å². The van der Waals surface area contributed by atoms with Crippen molar-refractivity contribution in [2.24, 2.45) is 17.8 Å². The zero-order chi connectivity index (χ0) is 13.0. The zero-order valence-corrected chi connectivity index (χ0v) is 12.6. The van der Waals surface area contributed by atoms with Crippen LogP contribution in [-0.2, 0) is 0 Å². The molecule has 2 atom stereocenters. The number of hydrogen-bond donors (Lipinski definition) is 1. The summed E-state index contributed by atoms with van der Waals surface area (Å²) in [6, 6.07) is 0.934. The molecule has 2 unspecified atom stereocenters. The van der Waals surface area contributed by atoms with E-state index in [0.717, 1.165) is 23.8 Å². The van der Waals surface area contributed by atoms with Crippen LogP contribution in [0.2, 0.25) is 0 Å². The summed E-state index contributed by atoms with van der Waals surface area (Å²) in [6.45, 7) is 12.3. The molecule has 0 amide bonds. The normalized spacial score (nSPS) is 26.8. The first-order valence-electron chi connectivity index (χ1n) is 8.11. The van der Waals surface area contributed by atoms with E-state index in [1.165, 1.54) is 58.3 Å². The molecule has 2 rings (SSSR count). The van der Waals surface area contributed by atoms with Gasteiger partial charge in [-0.3, -0.25) is 0 Å². The van der Waals surface area contributed by atoms with Gasteiger partial charge in [0.05, 0.1) is 0 Å². The van der Waals surface area contributed by atoms with Crippen LogP contribution in [0.5, 0.6) is 0 Å². The maximum absolute atomic E-state index is 3.56. The highest BCUT2D eigenvalue weighted by atomic mass is 15.2. The number of hydrogen-bond acceptors (Lipinski definition) is 2. The maximum atomic E-state index is 3.56. The molecule has 106 valence electrons. The van der Waals surface area contributed by atoms with E-state index in [0.29, 0.717) is 0 Å². The van der Waals surface area contributed by atoms with Gasteiger partial charge in [-0.1, -0.05) is 20.8 Å². The maximum Gasteiger partial charge on any atom is 0.00965 e. The van der Waals surface area contributed by atoms with Crippen LogP contribution >= 0.6 is 0 Å². The van der Waals surface area contributed by atoms with Crippen LogP contribution in [0.3, 0.4) is 0 Å². The molecule has 2 fully saturated rings. The average Bonchev–Trinajstić information content (AvgIpc) is 3.19. The Morgan fingerprint density at radius 3 is 2.50 bits per heavy atom. The Morgan fingerprint density at radius 1 is 1.17 bits per heavy atom. The van der Waals surface area contributed by atoms with E-state index in [1.807, 2.05) is 0 Å². The molecule has 1 aliphatic carbocycles. The van der Waals surface area contributed by atoms with Crippen LogP contribution in [0.1, 0.15) is 52.9 Å². The van der Waals surface area contributed by atoms with Crippen LogP contribution in [-0.4, -0.2) is 37.1 Å². The highest BCUT2D eigenvalue weighted by Crippen LogP contribution is 2.29. The smallest absolute Gasteiger partial charge is 0.00965 e. The topological polar surface area (TPSA) is 15.3 Å². The second-order valence-corrected chi connectivity index (χ2v) is 6.99. The van der Waals surface area contributed by atoms with Crippen LogP contribution in [0.15, 0.2) is 0 Å². The summed E-state index contributed by atoms with van der Waals surface area (Å²) in [5.74, 6) is 2.64. The lowest BCUT2D eigenvalue weighted by atomic mass is 9.85. The number of nitrogens with one attached hydrogen (secondary N) is 1. The number of rotatable bonds is 7. The molecule has 1 aliphatic heterocycles. The van der Waals surface area contributed by atoms with Gasteiger partial charge < -0.3 is 10.2 Å². The fourth-order valence-corrected chi connectivity index (χ4v) is 3.30. The molecule has 0 aromatic rings. The summed E-state index contributed by atoms with van der Waals surface area (Å²) >= 11 is 0. The van der Waals surface area contributed by atoms with Gasteiger partial charge in [0.15, 0.2) is 0 Å². The van der Waals surface area contributed by atoms with Crippen molar-refractivity contribution in [3.63, 3.8) is 0 Å². The Hall–Kier alpha value is -0.0800. The summed E-state index contributed by atoms with van der Waals surface area (Å²) in [6.07, 6.45) is 7.13. The summed E-state index contributed by atoms with van der Waals surface area (Å²) in [5, 5.41) is 3.56. The second-order valence-electron chi connectivity index (χ2n) is 6.99. The molecule has 1 saturated heterocycles. The molecule has 1 saturated carbocycles. The predicted molar refractivity (Wildman–Crippen MR) is 78.8 cm³/mol. The molecule has 0 spiro atoms. The Balaban J connectivity index is 1.70. The molecule has 0 radical (unpaired) electrons. The number of nitrogens with zero attached hydrogens (tertiary/aromatic N) is 1. The van der Waals surface area contributed by atoms with Crippen molar-refractivity contribution in [1.29, 1.82) is 0 Å². The van der Waals surface area contributed by atoms with Gasteiger partial charge in [-0.2, -0.15) is 0 Å². The second kappa shape index (κ2) is 6.91. The quantitative estimate of drug-likeness (QED) is 0.749. The third-order valence-corrected chi connectivity index (χ3v) is 4.67. The summed E-state index contributed by atoms with van der Waals surface area (Å²) in [4.78, 5) is 2.76. The van der Waals surface area contributed by atoms with Crippen molar-refractivity contribution in [2.75, 3.05) is 26.2 Å². The SMILES string of the molecule is CC(C)CN(CCC(C)C1CCCNC1)C1CC1. The standard InChI is InChI=1S/C16H32N2/c1-13(2)12-18(16-6-7-16)10-8-14(3)15-5-4-9-17-11-15/h13-17H,4-12H2,1-3H3. The lowest BCUT2D eigenvalue weighted by Gasteiger charge is -2.31. The van der Waals surface area contributed by atoms with Crippen LogP contribution < -0.4 is 5.32 Å². The molecular weight excluding hydrogens is 220 g/mol. The van der Waals surface area contributed by atoms with Gasteiger partial charge in [-0.15, -0.1) is 0 Å². The molecule has 0 aromatic carbocycles. The predicted octanol–water partition coefficient (Wildman–Crippen LogP) is 3.13. The van der Waals surface area contributed by atoms with Gasteiger partial charge >= 0.3 is 0 Å². The summed E-state index contributed by atoms with van der Waals surface area (Å²) < 4.78 is 0.